The standard InChI is InChI=1S/C19H18N4OS/c1-13-11-18-21-22-19(23(18)14(2)20-13)25-10-9-24-17-8-7-15-5-3-4-6-16(15)12-17/h3-8,11-12H,9-10H2,1-2H3. The number of thioether (sulfide) groups is 1. The lowest BCUT2D eigenvalue weighted by atomic mass is 10.1. The molecule has 0 bridgehead atoms. The lowest BCUT2D eigenvalue weighted by molar-refractivity contribution is 0.344. The topological polar surface area (TPSA) is 52.3 Å². The van der Waals surface area contributed by atoms with Gasteiger partial charge < -0.3 is 4.74 Å². The van der Waals surface area contributed by atoms with Gasteiger partial charge in [-0.2, -0.15) is 0 Å². The van der Waals surface area contributed by atoms with E-state index in [9.17, 15) is 0 Å². The van der Waals surface area contributed by atoms with Crippen LogP contribution in [0.3, 0.4) is 0 Å². The Hall–Kier alpha value is -2.60. The molecular formula is C19H18N4OS. The number of hydrogen-bond acceptors (Lipinski definition) is 5. The molecule has 0 spiro atoms. The average molecular weight is 350 g/mol. The van der Waals surface area contributed by atoms with Crippen LogP contribution in [0.5, 0.6) is 5.75 Å². The van der Waals surface area contributed by atoms with Gasteiger partial charge in [0.1, 0.15) is 11.6 Å². The third-order valence-corrected chi connectivity index (χ3v) is 4.86. The van der Waals surface area contributed by atoms with Gasteiger partial charge >= 0.3 is 0 Å². The van der Waals surface area contributed by atoms with Crippen molar-refractivity contribution in [1.82, 2.24) is 19.6 Å². The van der Waals surface area contributed by atoms with E-state index in [1.165, 1.54) is 10.8 Å². The van der Waals surface area contributed by atoms with E-state index in [0.29, 0.717) is 6.61 Å². The Kier molecular flexibility index (Phi) is 4.28. The number of ether oxygens (including phenoxy) is 1. The minimum atomic E-state index is 0.607. The van der Waals surface area contributed by atoms with E-state index >= 15 is 0 Å². The number of benzene rings is 2. The fourth-order valence-corrected chi connectivity index (χ4v) is 3.65. The first-order valence-corrected chi connectivity index (χ1v) is 9.13. The summed E-state index contributed by atoms with van der Waals surface area (Å²) >= 11 is 1.62. The number of rotatable bonds is 5. The predicted octanol–water partition coefficient (Wildman–Crippen LogP) is 4.07. The Labute approximate surface area is 150 Å². The van der Waals surface area contributed by atoms with Gasteiger partial charge in [0.2, 0.25) is 0 Å². The maximum atomic E-state index is 5.88. The van der Waals surface area contributed by atoms with Crippen LogP contribution in [0.2, 0.25) is 0 Å². The van der Waals surface area contributed by atoms with E-state index in [-0.39, 0.29) is 0 Å². The fourth-order valence-electron chi connectivity index (χ4n) is 2.85. The highest BCUT2D eigenvalue weighted by atomic mass is 32.2. The average Bonchev–Trinajstić information content (AvgIpc) is 3.01. The zero-order valence-corrected chi connectivity index (χ0v) is 15.0. The van der Waals surface area contributed by atoms with Crippen molar-refractivity contribution >= 4 is 28.2 Å². The molecule has 4 rings (SSSR count). The van der Waals surface area contributed by atoms with Gasteiger partial charge in [0, 0.05) is 17.5 Å². The Bertz CT molecular complexity index is 1040. The number of fused-ring (bicyclic) bond motifs is 2. The molecule has 0 aliphatic carbocycles. The van der Waals surface area contributed by atoms with E-state index in [1.807, 2.05) is 42.5 Å². The summed E-state index contributed by atoms with van der Waals surface area (Å²) in [7, 11) is 0. The van der Waals surface area contributed by atoms with Crippen LogP contribution >= 0.6 is 11.8 Å². The van der Waals surface area contributed by atoms with Crippen molar-refractivity contribution in [2.75, 3.05) is 12.4 Å². The monoisotopic (exact) mass is 350 g/mol. The molecule has 25 heavy (non-hydrogen) atoms. The molecule has 0 N–H and O–H groups in total. The highest BCUT2D eigenvalue weighted by Gasteiger charge is 2.09. The van der Waals surface area contributed by atoms with Gasteiger partial charge in [-0.05, 0) is 36.8 Å². The molecule has 2 heterocycles. The molecule has 5 nitrogen and oxygen atoms in total. The first kappa shape index (κ1) is 15.9. The molecule has 2 aromatic heterocycles. The minimum absolute atomic E-state index is 0.607. The largest absolute Gasteiger partial charge is 0.493 e. The quantitative estimate of drug-likeness (QED) is 0.401. The summed E-state index contributed by atoms with van der Waals surface area (Å²) in [4.78, 5) is 4.48. The van der Waals surface area contributed by atoms with Crippen LogP contribution in [-0.4, -0.2) is 31.9 Å². The van der Waals surface area contributed by atoms with Crippen molar-refractivity contribution in [3.05, 3.63) is 60.0 Å². The molecule has 2 aromatic carbocycles. The van der Waals surface area contributed by atoms with Crippen LogP contribution in [0.4, 0.5) is 0 Å². The van der Waals surface area contributed by atoms with E-state index < -0.39 is 0 Å². The van der Waals surface area contributed by atoms with Gasteiger partial charge in [-0.25, -0.2) is 4.98 Å². The highest BCUT2D eigenvalue weighted by molar-refractivity contribution is 7.99. The zero-order chi connectivity index (χ0) is 17.2. The van der Waals surface area contributed by atoms with Gasteiger partial charge in [-0.15, -0.1) is 10.2 Å². The molecule has 4 aromatic rings. The predicted molar refractivity (Wildman–Crippen MR) is 100 cm³/mol. The number of aromatic nitrogens is 4. The number of nitrogens with zero attached hydrogens (tertiary/aromatic N) is 4. The molecule has 0 fully saturated rings. The van der Waals surface area contributed by atoms with E-state index in [0.717, 1.165) is 33.8 Å². The second-order valence-corrected chi connectivity index (χ2v) is 6.89. The zero-order valence-electron chi connectivity index (χ0n) is 14.1. The van der Waals surface area contributed by atoms with E-state index in [1.54, 1.807) is 11.8 Å². The van der Waals surface area contributed by atoms with Crippen LogP contribution in [0.25, 0.3) is 16.4 Å². The molecule has 0 unspecified atom stereocenters. The van der Waals surface area contributed by atoms with Crippen molar-refractivity contribution in [3.63, 3.8) is 0 Å². The summed E-state index contributed by atoms with van der Waals surface area (Å²) < 4.78 is 7.86. The second kappa shape index (κ2) is 6.72. The molecule has 0 radical (unpaired) electrons. The molecule has 0 saturated heterocycles. The van der Waals surface area contributed by atoms with Gasteiger partial charge in [0.15, 0.2) is 10.8 Å². The number of hydrogen-bond donors (Lipinski definition) is 0. The first-order valence-electron chi connectivity index (χ1n) is 8.14. The second-order valence-electron chi connectivity index (χ2n) is 5.83. The van der Waals surface area contributed by atoms with Crippen molar-refractivity contribution in [2.45, 2.75) is 19.0 Å². The van der Waals surface area contributed by atoms with Crippen molar-refractivity contribution in [3.8, 4) is 5.75 Å². The van der Waals surface area contributed by atoms with Gasteiger partial charge in [-0.3, -0.25) is 4.40 Å². The molecule has 0 saturated carbocycles. The SMILES string of the molecule is Cc1cc2nnc(SCCOc3ccc4ccccc4c3)n2c(C)n1. The Morgan fingerprint density at radius 1 is 1.00 bits per heavy atom. The molecule has 0 aliphatic rings. The molecule has 0 amide bonds. The summed E-state index contributed by atoms with van der Waals surface area (Å²) in [6.45, 7) is 4.54. The van der Waals surface area contributed by atoms with Crippen molar-refractivity contribution in [1.29, 1.82) is 0 Å². The Morgan fingerprint density at radius 2 is 1.84 bits per heavy atom. The van der Waals surface area contributed by atoms with Crippen LogP contribution in [0, 0.1) is 13.8 Å². The molecule has 126 valence electrons. The van der Waals surface area contributed by atoms with E-state index in [4.69, 9.17) is 4.74 Å². The Morgan fingerprint density at radius 3 is 2.72 bits per heavy atom. The molecule has 0 atom stereocenters. The summed E-state index contributed by atoms with van der Waals surface area (Å²) in [5.74, 6) is 2.58. The maximum absolute atomic E-state index is 5.88. The van der Waals surface area contributed by atoms with Gasteiger partial charge in [0.25, 0.3) is 0 Å². The highest BCUT2D eigenvalue weighted by Crippen LogP contribution is 2.22. The molecule has 6 heteroatoms. The molecule has 0 aliphatic heterocycles. The third kappa shape index (κ3) is 3.30. The summed E-state index contributed by atoms with van der Waals surface area (Å²) in [6, 6.07) is 16.4. The van der Waals surface area contributed by atoms with Gasteiger partial charge in [-0.1, -0.05) is 42.1 Å². The first-order chi connectivity index (χ1) is 12.2. The normalized spacial score (nSPS) is 11.3. The lowest BCUT2D eigenvalue weighted by Crippen LogP contribution is -2.02. The smallest absolute Gasteiger partial charge is 0.197 e. The summed E-state index contributed by atoms with van der Waals surface area (Å²) in [6.07, 6.45) is 0. The molecular weight excluding hydrogens is 332 g/mol. The third-order valence-electron chi connectivity index (χ3n) is 3.96. The van der Waals surface area contributed by atoms with Gasteiger partial charge in [0.05, 0.1) is 6.61 Å². The lowest BCUT2D eigenvalue weighted by Gasteiger charge is -2.07. The summed E-state index contributed by atoms with van der Waals surface area (Å²) in [5.41, 5.74) is 1.79. The summed E-state index contributed by atoms with van der Waals surface area (Å²) in [5, 5.41) is 11.7. The van der Waals surface area contributed by atoms with E-state index in [2.05, 4.69) is 39.4 Å². The fraction of sp³-hybridized carbons (Fsp3) is 0.211. The Balaban J connectivity index is 1.41. The van der Waals surface area contributed by atoms with Crippen molar-refractivity contribution in [2.24, 2.45) is 0 Å². The van der Waals surface area contributed by atoms with Crippen LogP contribution < -0.4 is 4.74 Å². The maximum Gasteiger partial charge on any atom is 0.197 e. The van der Waals surface area contributed by atoms with Crippen molar-refractivity contribution < 1.29 is 4.74 Å². The van der Waals surface area contributed by atoms with Crippen LogP contribution in [0.15, 0.2) is 53.7 Å². The minimum Gasteiger partial charge on any atom is -0.493 e. The van der Waals surface area contributed by atoms with Crippen LogP contribution in [-0.2, 0) is 0 Å². The number of aryl methyl sites for hydroxylation is 2. The van der Waals surface area contributed by atoms with Crippen LogP contribution in [0.1, 0.15) is 11.5 Å².